The average Bonchev–Trinajstić information content (AvgIpc) is 2.46. The molecule has 0 radical (unpaired) electrons. The first-order chi connectivity index (χ1) is 11.3. The van der Waals surface area contributed by atoms with Crippen LogP contribution in [0.5, 0.6) is 0 Å². The minimum Gasteiger partial charge on any atom is -1.00 e. The molecule has 5 N–H and O–H groups in total. The molecular formula is C16H23LiN4O4S. The van der Waals surface area contributed by atoms with Crippen molar-refractivity contribution in [3.63, 3.8) is 0 Å². The first-order valence-corrected chi connectivity index (χ1v) is 8.87. The number of rotatable bonds is 5. The number of nitrogens with one attached hydrogen (secondary N) is 3. The van der Waals surface area contributed by atoms with E-state index in [9.17, 15) is 13.2 Å². The van der Waals surface area contributed by atoms with Gasteiger partial charge in [-0.05, 0) is 44.5 Å². The molecule has 0 bridgehead atoms. The molecule has 0 saturated carbocycles. The van der Waals surface area contributed by atoms with E-state index in [-0.39, 0.29) is 36.7 Å². The molecule has 2 rings (SSSR count). The van der Waals surface area contributed by atoms with Crippen molar-refractivity contribution in [1.82, 2.24) is 15.0 Å². The Kier molecular flexibility index (Phi) is 9.38. The summed E-state index contributed by atoms with van der Waals surface area (Å²) in [6.45, 7) is 5.41. The number of aromatic nitrogens is 1. The number of nitrogens with zero attached hydrogens (tertiary/aromatic N) is 1. The summed E-state index contributed by atoms with van der Waals surface area (Å²) in [5.74, 6) is 0. The van der Waals surface area contributed by atoms with Crippen molar-refractivity contribution >= 4 is 27.4 Å². The molecule has 8 nitrogen and oxygen atoms in total. The zero-order valence-electron chi connectivity index (χ0n) is 16.2. The van der Waals surface area contributed by atoms with Crippen LogP contribution in [0.25, 0.3) is 0 Å². The fourth-order valence-electron chi connectivity index (χ4n) is 2.04. The van der Waals surface area contributed by atoms with E-state index in [1.807, 2.05) is 35.9 Å². The minimum atomic E-state index is -4.05. The van der Waals surface area contributed by atoms with Crippen LogP contribution < -0.4 is 34.2 Å². The molecule has 2 aromatic rings. The van der Waals surface area contributed by atoms with Gasteiger partial charge in [0.1, 0.15) is 4.90 Å². The smallest absolute Gasteiger partial charge is 1.00 e. The van der Waals surface area contributed by atoms with Gasteiger partial charge >= 0.3 is 24.9 Å². The van der Waals surface area contributed by atoms with Gasteiger partial charge in [0.05, 0.1) is 5.69 Å². The van der Waals surface area contributed by atoms with E-state index in [4.69, 9.17) is 0 Å². The van der Waals surface area contributed by atoms with Gasteiger partial charge < -0.3 is 17.5 Å². The van der Waals surface area contributed by atoms with Gasteiger partial charge in [0.25, 0.3) is 10.0 Å². The summed E-state index contributed by atoms with van der Waals surface area (Å²) in [5, 5.41) is 5.52. The summed E-state index contributed by atoms with van der Waals surface area (Å²) < 4.78 is 26.9. The average molecular weight is 374 g/mol. The number of amides is 2. The number of hydrogen-bond acceptors (Lipinski definition) is 5. The van der Waals surface area contributed by atoms with Gasteiger partial charge in [-0.3, -0.25) is 4.98 Å². The molecule has 2 amide bonds. The molecule has 26 heavy (non-hydrogen) atoms. The zero-order valence-corrected chi connectivity index (χ0v) is 16.0. The van der Waals surface area contributed by atoms with Crippen molar-refractivity contribution in [1.29, 1.82) is 0 Å². The molecule has 1 aromatic carbocycles. The molecular weight excluding hydrogens is 351 g/mol. The molecule has 0 spiro atoms. The largest absolute Gasteiger partial charge is 1.00 e. The fraction of sp³-hybridized carbons (Fsp3) is 0.250. The maximum atomic E-state index is 12.5. The Labute approximate surface area is 166 Å². The monoisotopic (exact) mass is 374 g/mol. The van der Waals surface area contributed by atoms with Crippen molar-refractivity contribution in [2.24, 2.45) is 0 Å². The molecule has 10 heteroatoms. The van der Waals surface area contributed by atoms with Crippen LogP contribution in [0.1, 0.15) is 20.8 Å². The second-order valence-corrected chi connectivity index (χ2v) is 7.25. The standard InChI is InChI=1S/C16H20N4O3S.Li.H2O.H/c1-11(2)18-16(21)20-24(22,23)15-10-17-8-7-14(15)19-13-6-4-5-12(3)9-13;;;/h4-11H,1-3H3,(H,17,19)(H2,18,20,21);;1H2;/q;+1;;-1. The predicted octanol–water partition coefficient (Wildman–Crippen LogP) is -1.18. The van der Waals surface area contributed by atoms with E-state index in [0.29, 0.717) is 5.69 Å². The zero-order chi connectivity index (χ0) is 17.7. The van der Waals surface area contributed by atoms with Crippen LogP contribution in [0.3, 0.4) is 0 Å². The molecule has 138 valence electrons. The van der Waals surface area contributed by atoms with E-state index in [1.165, 1.54) is 18.5 Å². The van der Waals surface area contributed by atoms with Crippen molar-refractivity contribution < 1.29 is 39.0 Å². The van der Waals surface area contributed by atoms with Crippen molar-refractivity contribution in [2.45, 2.75) is 31.7 Å². The summed E-state index contributed by atoms with van der Waals surface area (Å²) >= 11 is 0. The summed E-state index contributed by atoms with van der Waals surface area (Å²) in [5.41, 5.74) is 2.11. The Hall–Kier alpha value is -2.05. The molecule has 1 heterocycles. The summed E-state index contributed by atoms with van der Waals surface area (Å²) in [7, 11) is -4.05. The maximum absolute atomic E-state index is 12.5. The van der Waals surface area contributed by atoms with Crippen molar-refractivity contribution in [3.8, 4) is 0 Å². The number of carbonyl (C=O) groups excluding carboxylic acids is 1. The van der Waals surface area contributed by atoms with Crippen molar-refractivity contribution in [2.75, 3.05) is 5.32 Å². The van der Waals surface area contributed by atoms with E-state index >= 15 is 0 Å². The second kappa shape index (κ2) is 10.2. The molecule has 1 aromatic heterocycles. The summed E-state index contributed by atoms with van der Waals surface area (Å²) in [4.78, 5) is 15.5. The first kappa shape index (κ1) is 23.9. The number of aryl methyl sites for hydroxylation is 1. The molecule has 0 saturated heterocycles. The third-order valence-electron chi connectivity index (χ3n) is 3.02. The van der Waals surface area contributed by atoms with Crippen LogP contribution in [0.4, 0.5) is 16.2 Å². The van der Waals surface area contributed by atoms with Crippen molar-refractivity contribution in [3.05, 3.63) is 48.3 Å². The van der Waals surface area contributed by atoms with Gasteiger partial charge in [-0.1, -0.05) is 12.1 Å². The molecule has 0 fully saturated rings. The Morgan fingerprint density at radius 3 is 2.54 bits per heavy atom. The van der Waals surface area contributed by atoms with Gasteiger partial charge in [-0.25, -0.2) is 17.9 Å². The maximum Gasteiger partial charge on any atom is 1.00 e. The SMILES string of the molecule is Cc1cccc(Nc2ccncc2S(=O)(=O)NC(=O)NC(C)C)c1.O.[H-].[Li+]. The van der Waals surface area contributed by atoms with E-state index < -0.39 is 16.1 Å². The minimum absolute atomic E-state index is 0. The number of carbonyl (C=O) groups is 1. The fourth-order valence-corrected chi connectivity index (χ4v) is 3.07. The topological polar surface area (TPSA) is 132 Å². The molecule has 0 unspecified atom stereocenters. The Bertz CT molecular complexity index is 850. The molecule has 0 aliphatic heterocycles. The number of urea groups is 1. The first-order valence-electron chi connectivity index (χ1n) is 7.39. The van der Waals surface area contributed by atoms with E-state index in [0.717, 1.165) is 11.3 Å². The number of benzene rings is 1. The van der Waals surface area contributed by atoms with Gasteiger partial charge in [0.2, 0.25) is 0 Å². The third-order valence-corrected chi connectivity index (χ3v) is 4.38. The number of pyridine rings is 1. The number of anilines is 2. The van der Waals surface area contributed by atoms with Gasteiger partial charge in [-0.15, -0.1) is 0 Å². The van der Waals surface area contributed by atoms with Gasteiger partial charge in [0, 0.05) is 24.1 Å². The Morgan fingerprint density at radius 1 is 1.23 bits per heavy atom. The van der Waals surface area contributed by atoms with Crippen LogP contribution in [0.15, 0.2) is 47.6 Å². The van der Waals surface area contributed by atoms with Crippen LogP contribution in [-0.4, -0.2) is 31.0 Å². The van der Waals surface area contributed by atoms with E-state index in [1.54, 1.807) is 13.8 Å². The van der Waals surface area contributed by atoms with E-state index in [2.05, 4.69) is 15.6 Å². The quantitative estimate of drug-likeness (QED) is 0.567. The van der Waals surface area contributed by atoms with Crippen LogP contribution in [0, 0.1) is 6.92 Å². The second-order valence-electron chi connectivity index (χ2n) is 5.60. The van der Waals surface area contributed by atoms with Crippen LogP contribution >= 0.6 is 0 Å². The molecule has 0 atom stereocenters. The van der Waals surface area contributed by atoms with Crippen LogP contribution in [-0.2, 0) is 10.0 Å². The third kappa shape index (κ3) is 6.69. The molecule has 0 aliphatic rings. The van der Waals surface area contributed by atoms with Gasteiger partial charge in [-0.2, -0.15) is 0 Å². The number of sulfonamides is 1. The predicted molar refractivity (Wildman–Crippen MR) is 97.4 cm³/mol. The summed E-state index contributed by atoms with van der Waals surface area (Å²) in [6.07, 6.45) is 2.68. The van der Waals surface area contributed by atoms with Crippen LogP contribution in [0.2, 0.25) is 0 Å². The summed E-state index contributed by atoms with van der Waals surface area (Å²) in [6, 6.07) is 8.08. The number of hydrogen-bond donors (Lipinski definition) is 3. The normalized spacial score (nSPS) is 10.3. The molecule has 0 aliphatic carbocycles. The Morgan fingerprint density at radius 2 is 1.92 bits per heavy atom. The van der Waals surface area contributed by atoms with Gasteiger partial charge in [0.15, 0.2) is 0 Å². The Balaban J connectivity index is 0.